The molecule has 1 aliphatic heterocycles. The summed E-state index contributed by atoms with van der Waals surface area (Å²) in [5.74, 6) is 5.52. The third-order valence-corrected chi connectivity index (χ3v) is 4.87. The van der Waals surface area contributed by atoms with E-state index in [4.69, 9.17) is 0 Å². The van der Waals surface area contributed by atoms with Crippen LogP contribution in [0.1, 0.15) is 24.6 Å². The molecule has 2 rings (SSSR count). The Balaban J connectivity index is 1.78. The molecule has 1 aliphatic rings. The van der Waals surface area contributed by atoms with Crippen molar-refractivity contribution in [1.82, 2.24) is 9.80 Å². The number of nitrogens with zero attached hydrogens (tertiary/aromatic N) is 2. The van der Waals surface area contributed by atoms with Crippen LogP contribution in [-0.4, -0.2) is 55.3 Å². The molecule has 124 valence electrons. The van der Waals surface area contributed by atoms with E-state index in [1.54, 1.807) is 16.2 Å². The number of hydrogen-bond acceptors (Lipinski definition) is 4. The van der Waals surface area contributed by atoms with Crippen molar-refractivity contribution in [3.63, 3.8) is 0 Å². The Labute approximate surface area is 141 Å². The van der Waals surface area contributed by atoms with E-state index in [1.165, 1.54) is 4.88 Å². The van der Waals surface area contributed by atoms with Gasteiger partial charge in [-0.15, -0.1) is 11.3 Å². The number of amides is 2. The Morgan fingerprint density at radius 2 is 2.09 bits per heavy atom. The van der Waals surface area contributed by atoms with Crippen LogP contribution in [-0.2, 0) is 9.59 Å². The van der Waals surface area contributed by atoms with Crippen molar-refractivity contribution in [2.24, 2.45) is 5.92 Å². The van der Waals surface area contributed by atoms with Gasteiger partial charge in [-0.3, -0.25) is 14.5 Å². The summed E-state index contributed by atoms with van der Waals surface area (Å²) in [7, 11) is 3.80. The lowest BCUT2D eigenvalue weighted by Gasteiger charge is -2.36. The monoisotopic (exact) mass is 333 g/mol. The van der Waals surface area contributed by atoms with Crippen molar-refractivity contribution in [2.45, 2.75) is 19.8 Å². The molecule has 0 bridgehead atoms. The summed E-state index contributed by atoms with van der Waals surface area (Å²) in [6.07, 6.45) is 0. The zero-order valence-corrected chi connectivity index (χ0v) is 14.9. The SMILES string of the molecule is CC(C)c1ccc(NC(=O)C2CN(C(=O)C#CCN(C)C)C2)s1. The van der Waals surface area contributed by atoms with Gasteiger partial charge < -0.3 is 10.2 Å². The fourth-order valence-corrected chi connectivity index (χ4v) is 3.03. The van der Waals surface area contributed by atoms with Gasteiger partial charge >= 0.3 is 0 Å². The lowest BCUT2D eigenvalue weighted by Crippen LogP contribution is -2.54. The Kier molecular flexibility index (Phi) is 5.80. The number of likely N-dealkylation sites (tertiary alicyclic amines) is 1. The van der Waals surface area contributed by atoms with E-state index in [2.05, 4.69) is 31.0 Å². The van der Waals surface area contributed by atoms with Gasteiger partial charge in [-0.1, -0.05) is 19.8 Å². The molecule has 5 nitrogen and oxygen atoms in total. The van der Waals surface area contributed by atoms with Crippen LogP contribution < -0.4 is 5.32 Å². The van der Waals surface area contributed by atoms with Crippen LogP contribution in [0.5, 0.6) is 0 Å². The highest BCUT2D eigenvalue weighted by Crippen LogP contribution is 2.29. The fourth-order valence-electron chi connectivity index (χ4n) is 2.12. The maximum absolute atomic E-state index is 12.2. The molecule has 0 atom stereocenters. The number of carbonyl (C=O) groups is 2. The molecule has 23 heavy (non-hydrogen) atoms. The van der Waals surface area contributed by atoms with Gasteiger partial charge in [-0.25, -0.2) is 0 Å². The molecule has 1 aromatic rings. The lowest BCUT2D eigenvalue weighted by atomic mass is 9.99. The highest BCUT2D eigenvalue weighted by molar-refractivity contribution is 7.16. The van der Waals surface area contributed by atoms with Gasteiger partial charge in [0, 0.05) is 18.0 Å². The van der Waals surface area contributed by atoms with E-state index in [9.17, 15) is 9.59 Å². The summed E-state index contributed by atoms with van der Waals surface area (Å²) < 4.78 is 0. The average Bonchev–Trinajstić information content (AvgIpc) is 2.85. The summed E-state index contributed by atoms with van der Waals surface area (Å²) in [6.45, 7) is 5.71. The van der Waals surface area contributed by atoms with Gasteiger partial charge in [0.1, 0.15) is 0 Å². The Hall–Kier alpha value is -1.84. The van der Waals surface area contributed by atoms with E-state index in [0.29, 0.717) is 25.6 Å². The van der Waals surface area contributed by atoms with Gasteiger partial charge in [0.25, 0.3) is 5.91 Å². The molecule has 6 heteroatoms. The number of rotatable bonds is 4. The minimum absolute atomic E-state index is 0.0209. The molecule has 0 spiro atoms. The molecular formula is C17H23N3O2S. The molecule has 1 aromatic heterocycles. The second kappa shape index (κ2) is 7.62. The quantitative estimate of drug-likeness (QED) is 0.856. The molecule has 1 saturated heterocycles. The normalized spacial score (nSPS) is 14.4. The molecular weight excluding hydrogens is 310 g/mol. The number of carbonyl (C=O) groups excluding carboxylic acids is 2. The first-order valence-corrected chi connectivity index (χ1v) is 8.51. The summed E-state index contributed by atoms with van der Waals surface area (Å²) in [6, 6.07) is 3.98. The van der Waals surface area contributed by atoms with Crippen LogP contribution in [0, 0.1) is 17.8 Å². The van der Waals surface area contributed by atoms with E-state index < -0.39 is 0 Å². The maximum Gasteiger partial charge on any atom is 0.298 e. The summed E-state index contributed by atoms with van der Waals surface area (Å²) in [5, 5.41) is 3.81. The van der Waals surface area contributed by atoms with Crippen LogP contribution in [0.25, 0.3) is 0 Å². The highest BCUT2D eigenvalue weighted by Gasteiger charge is 2.35. The smallest absolute Gasteiger partial charge is 0.298 e. The second-order valence-electron chi connectivity index (χ2n) is 6.29. The molecule has 0 aliphatic carbocycles. The van der Waals surface area contributed by atoms with E-state index in [-0.39, 0.29) is 17.7 Å². The number of anilines is 1. The third kappa shape index (κ3) is 4.81. The van der Waals surface area contributed by atoms with Crippen molar-refractivity contribution in [3.8, 4) is 11.8 Å². The zero-order chi connectivity index (χ0) is 17.0. The predicted molar refractivity (Wildman–Crippen MR) is 93.4 cm³/mol. The van der Waals surface area contributed by atoms with Crippen LogP contribution in [0.4, 0.5) is 5.00 Å². The number of hydrogen-bond donors (Lipinski definition) is 1. The van der Waals surface area contributed by atoms with Crippen LogP contribution >= 0.6 is 11.3 Å². The number of nitrogens with one attached hydrogen (secondary N) is 1. The van der Waals surface area contributed by atoms with Crippen LogP contribution in [0.15, 0.2) is 12.1 Å². The van der Waals surface area contributed by atoms with Gasteiger partial charge in [-0.2, -0.15) is 0 Å². The van der Waals surface area contributed by atoms with Crippen molar-refractivity contribution in [3.05, 3.63) is 17.0 Å². The standard InChI is InChI=1S/C17H23N3O2S/c1-12(2)14-7-8-15(23-14)18-17(22)13-10-20(11-13)16(21)6-5-9-19(3)4/h7-8,12-13H,9-11H2,1-4H3,(H,18,22). The van der Waals surface area contributed by atoms with Crippen molar-refractivity contribution in [2.75, 3.05) is 39.0 Å². The maximum atomic E-state index is 12.2. The third-order valence-electron chi connectivity index (χ3n) is 3.57. The Morgan fingerprint density at radius 3 is 2.65 bits per heavy atom. The second-order valence-corrected chi connectivity index (χ2v) is 7.41. The molecule has 1 fully saturated rings. The molecule has 2 amide bonds. The van der Waals surface area contributed by atoms with E-state index in [0.717, 1.165) is 5.00 Å². The van der Waals surface area contributed by atoms with Crippen molar-refractivity contribution < 1.29 is 9.59 Å². The fraction of sp³-hybridized carbons (Fsp3) is 0.529. The number of thiophene rings is 1. The highest BCUT2D eigenvalue weighted by atomic mass is 32.1. The topological polar surface area (TPSA) is 52.7 Å². The molecule has 2 heterocycles. The van der Waals surface area contributed by atoms with Crippen LogP contribution in [0.3, 0.4) is 0 Å². The minimum atomic E-state index is -0.200. The van der Waals surface area contributed by atoms with Gasteiger partial charge in [0.2, 0.25) is 5.91 Å². The van der Waals surface area contributed by atoms with E-state index in [1.807, 2.05) is 31.1 Å². The lowest BCUT2D eigenvalue weighted by molar-refractivity contribution is -0.136. The average molecular weight is 333 g/mol. The van der Waals surface area contributed by atoms with Crippen molar-refractivity contribution >= 4 is 28.2 Å². The van der Waals surface area contributed by atoms with Crippen LogP contribution in [0.2, 0.25) is 0 Å². The summed E-state index contributed by atoms with van der Waals surface area (Å²) >= 11 is 1.60. The largest absolute Gasteiger partial charge is 0.330 e. The molecule has 0 aromatic carbocycles. The van der Waals surface area contributed by atoms with Gasteiger partial charge in [-0.05, 0) is 38.1 Å². The first-order valence-electron chi connectivity index (χ1n) is 7.70. The molecule has 0 saturated carbocycles. The molecule has 0 radical (unpaired) electrons. The first-order chi connectivity index (χ1) is 10.9. The van der Waals surface area contributed by atoms with Gasteiger partial charge in [0.05, 0.1) is 17.5 Å². The summed E-state index contributed by atoms with van der Waals surface area (Å²) in [4.78, 5) is 28.7. The Bertz CT molecular complexity index is 634. The first kappa shape index (κ1) is 17.5. The molecule has 1 N–H and O–H groups in total. The predicted octanol–water partition coefficient (Wildman–Crippen LogP) is 1.83. The Morgan fingerprint density at radius 1 is 1.39 bits per heavy atom. The minimum Gasteiger partial charge on any atom is -0.330 e. The van der Waals surface area contributed by atoms with Gasteiger partial charge in [0.15, 0.2) is 0 Å². The molecule has 0 unspecified atom stereocenters. The van der Waals surface area contributed by atoms with E-state index >= 15 is 0 Å². The zero-order valence-electron chi connectivity index (χ0n) is 14.0. The summed E-state index contributed by atoms with van der Waals surface area (Å²) in [5.41, 5.74) is 0. The van der Waals surface area contributed by atoms with Crippen molar-refractivity contribution in [1.29, 1.82) is 0 Å².